The molecule has 0 spiro atoms. The lowest BCUT2D eigenvalue weighted by Gasteiger charge is -2.20. The summed E-state index contributed by atoms with van der Waals surface area (Å²) in [5.41, 5.74) is 2.69. The molecule has 3 rings (SSSR count). The fourth-order valence-corrected chi connectivity index (χ4v) is 2.37. The third kappa shape index (κ3) is 3.97. The molecule has 0 fully saturated rings. The second-order valence-electron chi connectivity index (χ2n) is 5.39. The number of nitrogens with zero attached hydrogens (tertiary/aromatic N) is 5. The Kier molecular flexibility index (Phi) is 4.70. The van der Waals surface area contributed by atoms with Gasteiger partial charge in [-0.15, -0.1) is 10.2 Å². The van der Waals surface area contributed by atoms with Crippen molar-refractivity contribution >= 4 is 0 Å². The summed E-state index contributed by atoms with van der Waals surface area (Å²) in [4.78, 5) is 6.33. The Hall–Kier alpha value is -2.64. The molecule has 0 radical (unpaired) electrons. The molecule has 7 nitrogen and oxygen atoms in total. The summed E-state index contributed by atoms with van der Waals surface area (Å²) in [6.07, 6.45) is 1.21. The van der Waals surface area contributed by atoms with E-state index in [-0.39, 0.29) is 0 Å². The highest BCUT2D eigenvalue weighted by molar-refractivity contribution is 5.54. The number of benzene rings is 1. The Balaban J connectivity index is 1.60. The highest BCUT2D eigenvalue weighted by Crippen LogP contribution is 2.19. The quantitative estimate of drug-likeness (QED) is 0.715. The number of H-pyrrole nitrogens is 1. The van der Waals surface area contributed by atoms with E-state index in [1.54, 1.807) is 6.20 Å². The molecule has 23 heavy (non-hydrogen) atoms. The molecule has 0 bridgehead atoms. The SMILES string of the molecule is CN(Cc1ccccn1)CC(O)c1ccc(-c2nn[nH]n2)cc1. The molecule has 118 valence electrons. The predicted molar refractivity (Wildman–Crippen MR) is 85.1 cm³/mol. The van der Waals surface area contributed by atoms with Gasteiger partial charge in [-0.3, -0.25) is 9.88 Å². The molecule has 2 heterocycles. The maximum Gasteiger partial charge on any atom is 0.204 e. The maximum atomic E-state index is 10.4. The highest BCUT2D eigenvalue weighted by Gasteiger charge is 2.12. The van der Waals surface area contributed by atoms with Crippen molar-refractivity contribution in [3.8, 4) is 11.4 Å². The van der Waals surface area contributed by atoms with Gasteiger partial charge in [0.1, 0.15) is 0 Å². The number of hydrogen-bond acceptors (Lipinski definition) is 6. The molecule has 0 aliphatic heterocycles. The molecule has 3 aromatic rings. The van der Waals surface area contributed by atoms with Gasteiger partial charge in [-0.1, -0.05) is 30.3 Å². The molecule has 0 aliphatic rings. The van der Waals surface area contributed by atoms with E-state index >= 15 is 0 Å². The zero-order valence-electron chi connectivity index (χ0n) is 12.8. The van der Waals surface area contributed by atoms with Crippen molar-refractivity contribution in [1.82, 2.24) is 30.5 Å². The van der Waals surface area contributed by atoms with Gasteiger partial charge in [0.15, 0.2) is 0 Å². The zero-order chi connectivity index (χ0) is 16.1. The lowest BCUT2D eigenvalue weighted by Crippen LogP contribution is -2.24. The number of tetrazole rings is 1. The Morgan fingerprint density at radius 1 is 1.17 bits per heavy atom. The van der Waals surface area contributed by atoms with Crippen LogP contribution in [0.15, 0.2) is 48.7 Å². The Morgan fingerprint density at radius 2 is 2.00 bits per heavy atom. The number of aromatic amines is 1. The number of aromatic nitrogens is 5. The van der Waals surface area contributed by atoms with E-state index in [4.69, 9.17) is 0 Å². The van der Waals surface area contributed by atoms with Gasteiger partial charge < -0.3 is 5.11 Å². The minimum atomic E-state index is -0.567. The first-order chi connectivity index (χ1) is 11.2. The predicted octanol–water partition coefficient (Wildman–Crippen LogP) is 1.43. The molecular formula is C16H18N6O. The van der Waals surface area contributed by atoms with Crippen molar-refractivity contribution in [3.63, 3.8) is 0 Å². The molecule has 1 unspecified atom stereocenters. The summed E-state index contributed by atoms with van der Waals surface area (Å²) in [5, 5.41) is 24.2. The smallest absolute Gasteiger partial charge is 0.204 e. The van der Waals surface area contributed by atoms with E-state index < -0.39 is 6.10 Å². The van der Waals surface area contributed by atoms with E-state index in [0.29, 0.717) is 18.9 Å². The van der Waals surface area contributed by atoms with Crippen LogP contribution in [0.25, 0.3) is 11.4 Å². The summed E-state index contributed by atoms with van der Waals surface area (Å²) < 4.78 is 0. The van der Waals surface area contributed by atoms with Gasteiger partial charge in [0, 0.05) is 24.8 Å². The van der Waals surface area contributed by atoms with Gasteiger partial charge in [-0.2, -0.15) is 5.21 Å². The van der Waals surface area contributed by atoms with E-state index in [9.17, 15) is 5.11 Å². The first kappa shape index (κ1) is 15.3. The van der Waals surface area contributed by atoms with Crippen molar-refractivity contribution < 1.29 is 5.11 Å². The van der Waals surface area contributed by atoms with Crippen LogP contribution in [-0.2, 0) is 6.54 Å². The van der Waals surface area contributed by atoms with Gasteiger partial charge in [0.2, 0.25) is 5.82 Å². The van der Waals surface area contributed by atoms with Crippen LogP contribution in [0.5, 0.6) is 0 Å². The third-order valence-electron chi connectivity index (χ3n) is 3.54. The number of nitrogens with one attached hydrogen (secondary N) is 1. The lowest BCUT2D eigenvalue weighted by molar-refractivity contribution is 0.123. The molecule has 1 atom stereocenters. The van der Waals surface area contributed by atoms with Crippen LogP contribution in [0, 0.1) is 0 Å². The van der Waals surface area contributed by atoms with Crippen LogP contribution in [0.4, 0.5) is 0 Å². The number of aliphatic hydroxyl groups is 1. The number of aliphatic hydroxyl groups excluding tert-OH is 1. The zero-order valence-corrected chi connectivity index (χ0v) is 12.8. The number of rotatable bonds is 6. The molecule has 2 aromatic heterocycles. The molecule has 0 amide bonds. The first-order valence-electron chi connectivity index (χ1n) is 7.32. The normalized spacial score (nSPS) is 12.5. The van der Waals surface area contributed by atoms with Crippen LogP contribution in [-0.4, -0.2) is 49.2 Å². The van der Waals surface area contributed by atoms with Gasteiger partial charge in [0.05, 0.1) is 11.8 Å². The molecule has 1 aromatic carbocycles. The molecular weight excluding hydrogens is 292 g/mol. The first-order valence-corrected chi connectivity index (χ1v) is 7.32. The van der Waals surface area contributed by atoms with Crippen LogP contribution < -0.4 is 0 Å². The largest absolute Gasteiger partial charge is 0.387 e. The van der Waals surface area contributed by atoms with E-state index in [0.717, 1.165) is 16.8 Å². The number of hydrogen-bond donors (Lipinski definition) is 2. The van der Waals surface area contributed by atoms with E-state index in [1.165, 1.54) is 0 Å². The highest BCUT2D eigenvalue weighted by atomic mass is 16.3. The summed E-state index contributed by atoms with van der Waals surface area (Å²) in [7, 11) is 1.96. The number of likely N-dealkylation sites (N-methyl/N-ethyl adjacent to an activating group) is 1. The molecule has 0 aliphatic carbocycles. The fourth-order valence-electron chi connectivity index (χ4n) is 2.37. The summed E-state index contributed by atoms with van der Waals surface area (Å²) in [5.74, 6) is 0.540. The monoisotopic (exact) mass is 310 g/mol. The second-order valence-corrected chi connectivity index (χ2v) is 5.39. The van der Waals surface area contributed by atoms with Crippen LogP contribution in [0.2, 0.25) is 0 Å². The fraction of sp³-hybridized carbons (Fsp3) is 0.250. The third-order valence-corrected chi connectivity index (χ3v) is 3.54. The minimum Gasteiger partial charge on any atom is -0.387 e. The second kappa shape index (κ2) is 7.08. The van der Waals surface area contributed by atoms with Gasteiger partial charge >= 0.3 is 0 Å². The molecule has 7 heteroatoms. The van der Waals surface area contributed by atoms with E-state index in [2.05, 4.69) is 25.6 Å². The standard InChI is InChI=1S/C16H18N6O/c1-22(10-14-4-2-3-9-17-14)11-15(23)12-5-7-13(8-6-12)16-18-20-21-19-16/h2-9,15,23H,10-11H2,1H3,(H,18,19,20,21). The average molecular weight is 310 g/mol. The van der Waals surface area contributed by atoms with Crippen LogP contribution >= 0.6 is 0 Å². The number of pyridine rings is 1. The minimum absolute atomic E-state index is 0.526. The van der Waals surface area contributed by atoms with Crippen molar-refractivity contribution in [3.05, 3.63) is 59.9 Å². The average Bonchev–Trinajstić information content (AvgIpc) is 3.10. The van der Waals surface area contributed by atoms with Crippen LogP contribution in [0.3, 0.4) is 0 Å². The molecule has 0 saturated carbocycles. The Labute approximate surface area is 134 Å². The topological polar surface area (TPSA) is 90.8 Å². The van der Waals surface area contributed by atoms with Gasteiger partial charge in [-0.05, 0) is 30.0 Å². The van der Waals surface area contributed by atoms with Crippen molar-refractivity contribution in [1.29, 1.82) is 0 Å². The van der Waals surface area contributed by atoms with Crippen molar-refractivity contribution in [2.24, 2.45) is 0 Å². The Morgan fingerprint density at radius 3 is 2.65 bits per heavy atom. The molecule has 2 N–H and O–H groups in total. The van der Waals surface area contributed by atoms with Crippen molar-refractivity contribution in [2.45, 2.75) is 12.6 Å². The van der Waals surface area contributed by atoms with Gasteiger partial charge in [0.25, 0.3) is 0 Å². The van der Waals surface area contributed by atoms with Crippen LogP contribution in [0.1, 0.15) is 17.4 Å². The summed E-state index contributed by atoms with van der Waals surface area (Å²) in [6.45, 7) is 1.22. The lowest BCUT2D eigenvalue weighted by atomic mass is 10.1. The summed E-state index contributed by atoms with van der Waals surface area (Å²) >= 11 is 0. The molecule has 0 saturated heterocycles. The van der Waals surface area contributed by atoms with Crippen molar-refractivity contribution in [2.75, 3.05) is 13.6 Å². The maximum absolute atomic E-state index is 10.4. The Bertz CT molecular complexity index is 714. The van der Waals surface area contributed by atoms with E-state index in [1.807, 2.05) is 54.4 Å². The van der Waals surface area contributed by atoms with Gasteiger partial charge in [-0.25, -0.2) is 0 Å². The summed E-state index contributed by atoms with van der Waals surface area (Å²) in [6, 6.07) is 13.3.